The zero-order valence-electron chi connectivity index (χ0n) is 14.3. The van der Waals surface area contributed by atoms with Crippen molar-refractivity contribution >= 4 is 5.91 Å². The van der Waals surface area contributed by atoms with Gasteiger partial charge >= 0.3 is 0 Å². The fourth-order valence-electron chi connectivity index (χ4n) is 2.89. The molecule has 1 aromatic carbocycles. The standard InChI is InChI=1S/C18H28N2O3/c1-13-8-10-20(11-9-13)12-17(21)19-14(2)18(22)15-4-6-16(23-3)7-5-15/h4-7,13-14,18,22H,8-12H2,1-3H3,(H,19,21). The van der Waals surface area contributed by atoms with Crippen LogP contribution in [0.4, 0.5) is 0 Å². The minimum absolute atomic E-state index is 0.0281. The van der Waals surface area contributed by atoms with Crippen LogP contribution in [0.25, 0.3) is 0 Å². The number of ether oxygens (including phenoxy) is 1. The summed E-state index contributed by atoms with van der Waals surface area (Å²) in [5, 5.41) is 13.3. The first-order chi connectivity index (χ1) is 11.0. The minimum atomic E-state index is -0.730. The Balaban J connectivity index is 1.82. The van der Waals surface area contributed by atoms with Crippen LogP contribution < -0.4 is 10.1 Å². The zero-order valence-corrected chi connectivity index (χ0v) is 14.3. The molecule has 128 valence electrons. The number of piperidine rings is 1. The van der Waals surface area contributed by atoms with E-state index in [0.717, 1.165) is 43.2 Å². The summed E-state index contributed by atoms with van der Waals surface area (Å²) in [6, 6.07) is 6.92. The van der Waals surface area contributed by atoms with E-state index in [-0.39, 0.29) is 11.9 Å². The molecule has 0 radical (unpaired) electrons. The third kappa shape index (κ3) is 5.22. The lowest BCUT2D eigenvalue weighted by molar-refractivity contribution is -0.124. The number of rotatable bonds is 6. The first-order valence-electron chi connectivity index (χ1n) is 8.33. The van der Waals surface area contributed by atoms with Crippen LogP contribution in [-0.2, 0) is 4.79 Å². The molecule has 2 N–H and O–H groups in total. The molecule has 0 saturated carbocycles. The largest absolute Gasteiger partial charge is 0.497 e. The third-order valence-electron chi connectivity index (χ3n) is 4.56. The number of methoxy groups -OCH3 is 1. The van der Waals surface area contributed by atoms with Gasteiger partial charge in [-0.2, -0.15) is 0 Å². The van der Waals surface area contributed by atoms with Crippen LogP contribution in [-0.4, -0.2) is 48.7 Å². The third-order valence-corrected chi connectivity index (χ3v) is 4.56. The van der Waals surface area contributed by atoms with Gasteiger partial charge in [0.15, 0.2) is 0 Å². The molecule has 0 aliphatic carbocycles. The molecule has 5 nitrogen and oxygen atoms in total. The molecule has 1 heterocycles. The zero-order chi connectivity index (χ0) is 16.8. The van der Waals surface area contributed by atoms with Gasteiger partial charge in [-0.3, -0.25) is 9.69 Å². The number of aliphatic hydroxyl groups excluding tert-OH is 1. The molecule has 2 rings (SSSR count). The fraction of sp³-hybridized carbons (Fsp3) is 0.611. The maximum Gasteiger partial charge on any atom is 0.234 e. The second-order valence-electron chi connectivity index (χ2n) is 6.53. The second-order valence-corrected chi connectivity index (χ2v) is 6.53. The van der Waals surface area contributed by atoms with Crippen LogP contribution in [0, 0.1) is 5.92 Å². The van der Waals surface area contributed by atoms with E-state index in [0.29, 0.717) is 6.54 Å². The maximum absolute atomic E-state index is 12.2. The Kier molecular flexibility index (Phi) is 6.42. The van der Waals surface area contributed by atoms with Crippen molar-refractivity contribution in [3.8, 4) is 5.75 Å². The van der Waals surface area contributed by atoms with E-state index in [2.05, 4.69) is 17.1 Å². The molecule has 5 heteroatoms. The van der Waals surface area contributed by atoms with Crippen LogP contribution in [0.3, 0.4) is 0 Å². The molecule has 1 aromatic rings. The number of carbonyl (C=O) groups is 1. The number of aliphatic hydroxyl groups is 1. The van der Waals surface area contributed by atoms with Crippen LogP contribution in [0.1, 0.15) is 38.4 Å². The summed E-state index contributed by atoms with van der Waals surface area (Å²) in [5.74, 6) is 1.47. The number of hydrogen-bond donors (Lipinski definition) is 2. The minimum Gasteiger partial charge on any atom is -0.497 e. The molecule has 2 atom stereocenters. The molecule has 0 spiro atoms. The lowest BCUT2D eigenvalue weighted by Crippen LogP contribution is -2.45. The van der Waals surface area contributed by atoms with Crippen molar-refractivity contribution in [2.24, 2.45) is 5.92 Å². The van der Waals surface area contributed by atoms with Gasteiger partial charge in [0, 0.05) is 0 Å². The van der Waals surface area contributed by atoms with Gasteiger partial charge in [-0.1, -0.05) is 19.1 Å². The highest BCUT2D eigenvalue weighted by Crippen LogP contribution is 2.20. The van der Waals surface area contributed by atoms with Crippen LogP contribution >= 0.6 is 0 Å². The number of benzene rings is 1. The Bertz CT molecular complexity index is 495. The summed E-state index contributed by atoms with van der Waals surface area (Å²) in [6.07, 6.45) is 1.57. The quantitative estimate of drug-likeness (QED) is 0.841. The van der Waals surface area contributed by atoms with Gasteiger partial charge < -0.3 is 15.2 Å². The number of likely N-dealkylation sites (tertiary alicyclic amines) is 1. The number of carbonyl (C=O) groups excluding carboxylic acids is 1. The van der Waals surface area contributed by atoms with E-state index in [1.54, 1.807) is 7.11 Å². The summed E-state index contributed by atoms with van der Waals surface area (Å²) >= 11 is 0. The van der Waals surface area contributed by atoms with Gasteiger partial charge in [0.25, 0.3) is 0 Å². The van der Waals surface area contributed by atoms with E-state index in [1.165, 1.54) is 0 Å². The van der Waals surface area contributed by atoms with E-state index < -0.39 is 6.10 Å². The van der Waals surface area contributed by atoms with Crippen molar-refractivity contribution in [2.75, 3.05) is 26.7 Å². The lowest BCUT2D eigenvalue weighted by atomic mass is 9.99. The molecule has 1 saturated heterocycles. The van der Waals surface area contributed by atoms with Gasteiger partial charge in [0.1, 0.15) is 5.75 Å². The van der Waals surface area contributed by atoms with Gasteiger partial charge in [-0.15, -0.1) is 0 Å². The van der Waals surface area contributed by atoms with Gasteiger partial charge in [-0.25, -0.2) is 0 Å². The normalized spacial score (nSPS) is 19.1. The average Bonchev–Trinajstić information content (AvgIpc) is 2.56. The molecule has 0 aromatic heterocycles. The molecule has 1 amide bonds. The number of nitrogens with zero attached hydrogens (tertiary/aromatic N) is 1. The van der Waals surface area contributed by atoms with Gasteiger partial charge in [0.05, 0.1) is 25.8 Å². The van der Waals surface area contributed by atoms with Gasteiger partial charge in [0.2, 0.25) is 5.91 Å². The summed E-state index contributed by atoms with van der Waals surface area (Å²) in [6.45, 7) is 6.44. The monoisotopic (exact) mass is 320 g/mol. The Labute approximate surface area is 138 Å². The van der Waals surface area contributed by atoms with Crippen molar-refractivity contribution in [1.29, 1.82) is 0 Å². The fourth-order valence-corrected chi connectivity index (χ4v) is 2.89. The maximum atomic E-state index is 12.2. The van der Waals surface area contributed by atoms with Crippen LogP contribution in [0.5, 0.6) is 5.75 Å². The molecular formula is C18H28N2O3. The number of amides is 1. The predicted octanol–water partition coefficient (Wildman–Crippen LogP) is 1.97. The topological polar surface area (TPSA) is 61.8 Å². The number of nitrogens with one attached hydrogen (secondary N) is 1. The van der Waals surface area contributed by atoms with E-state index in [9.17, 15) is 9.90 Å². The molecule has 1 aliphatic heterocycles. The first-order valence-corrected chi connectivity index (χ1v) is 8.33. The van der Waals surface area contributed by atoms with E-state index >= 15 is 0 Å². The summed E-state index contributed by atoms with van der Waals surface area (Å²) in [4.78, 5) is 14.3. The van der Waals surface area contributed by atoms with Crippen molar-refractivity contribution < 1.29 is 14.6 Å². The number of hydrogen-bond acceptors (Lipinski definition) is 4. The molecule has 2 unspecified atom stereocenters. The smallest absolute Gasteiger partial charge is 0.234 e. The highest BCUT2D eigenvalue weighted by molar-refractivity contribution is 5.78. The van der Waals surface area contributed by atoms with Gasteiger partial charge in [-0.05, 0) is 56.5 Å². The Morgan fingerprint density at radius 2 is 1.96 bits per heavy atom. The Morgan fingerprint density at radius 1 is 1.35 bits per heavy atom. The summed E-state index contributed by atoms with van der Waals surface area (Å²) < 4.78 is 5.11. The predicted molar refractivity (Wildman–Crippen MR) is 90.4 cm³/mol. The van der Waals surface area contributed by atoms with Crippen molar-refractivity contribution in [1.82, 2.24) is 10.2 Å². The molecule has 23 heavy (non-hydrogen) atoms. The lowest BCUT2D eigenvalue weighted by Gasteiger charge is -2.30. The van der Waals surface area contributed by atoms with Crippen molar-refractivity contribution in [2.45, 2.75) is 38.8 Å². The highest BCUT2D eigenvalue weighted by atomic mass is 16.5. The molecule has 1 fully saturated rings. The SMILES string of the molecule is COc1ccc(C(O)C(C)NC(=O)CN2CCC(C)CC2)cc1. The summed E-state index contributed by atoms with van der Waals surface area (Å²) in [5.41, 5.74) is 0.769. The van der Waals surface area contributed by atoms with Crippen molar-refractivity contribution in [3.63, 3.8) is 0 Å². The highest BCUT2D eigenvalue weighted by Gasteiger charge is 2.21. The van der Waals surface area contributed by atoms with Crippen LogP contribution in [0.2, 0.25) is 0 Å². The second kappa shape index (κ2) is 8.31. The van der Waals surface area contributed by atoms with E-state index in [1.807, 2.05) is 31.2 Å². The first kappa shape index (κ1) is 17.8. The van der Waals surface area contributed by atoms with E-state index in [4.69, 9.17) is 4.74 Å². The molecule has 1 aliphatic rings. The Hall–Kier alpha value is -1.59. The van der Waals surface area contributed by atoms with Crippen LogP contribution in [0.15, 0.2) is 24.3 Å². The Morgan fingerprint density at radius 3 is 2.52 bits per heavy atom. The van der Waals surface area contributed by atoms with Crippen molar-refractivity contribution in [3.05, 3.63) is 29.8 Å². The molecular weight excluding hydrogens is 292 g/mol. The molecule has 0 bridgehead atoms. The average molecular weight is 320 g/mol. The summed E-state index contributed by atoms with van der Waals surface area (Å²) in [7, 11) is 1.61.